The summed E-state index contributed by atoms with van der Waals surface area (Å²) in [6.45, 7) is 2.18. The number of hydrogen-bond acceptors (Lipinski definition) is 0. The third-order valence-electron chi connectivity index (χ3n) is 2.31. The molecule has 0 aliphatic heterocycles. The minimum Gasteiger partial charge on any atom is -0.0501 e. The molecule has 0 unspecified atom stereocenters. The summed E-state index contributed by atoms with van der Waals surface area (Å²) in [5.41, 5.74) is 4.38. The predicted molar refractivity (Wildman–Crippen MR) is 49.7 cm³/mol. The van der Waals surface area contributed by atoms with Gasteiger partial charge in [-0.15, -0.1) is 0 Å². The second-order valence-electron chi connectivity index (χ2n) is 3.11. The number of fused-ring (bicyclic) bond motifs is 1. The highest BCUT2D eigenvalue weighted by atomic mass is 79.9. The van der Waals surface area contributed by atoms with Crippen LogP contribution in [0.3, 0.4) is 0 Å². The smallest absolute Gasteiger partial charge is 0.0259 e. The van der Waals surface area contributed by atoms with Crippen molar-refractivity contribution in [2.24, 2.45) is 0 Å². The Morgan fingerprint density at radius 1 is 1.45 bits per heavy atom. The Bertz CT molecular complexity index is 289. The number of aryl methyl sites for hydroxylation is 2. The van der Waals surface area contributed by atoms with E-state index in [0.717, 1.165) is 4.47 Å². The van der Waals surface area contributed by atoms with E-state index in [1.165, 1.54) is 36.0 Å². The fourth-order valence-electron chi connectivity index (χ4n) is 1.77. The van der Waals surface area contributed by atoms with Gasteiger partial charge < -0.3 is 0 Å². The maximum atomic E-state index is 3.46. The van der Waals surface area contributed by atoms with Crippen molar-refractivity contribution in [1.82, 2.24) is 0 Å². The molecule has 2 rings (SSSR count). The van der Waals surface area contributed by atoms with Gasteiger partial charge in [-0.1, -0.05) is 15.9 Å². The van der Waals surface area contributed by atoms with E-state index in [4.69, 9.17) is 0 Å². The second kappa shape index (κ2) is 2.63. The third kappa shape index (κ3) is 1.22. The van der Waals surface area contributed by atoms with Gasteiger partial charge in [0.25, 0.3) is 0 Å². The van der Waals surface area contributed by atoms with Gasteiger partial charge >= 0.3 is 0 Å². The fraction of sp³-hybridized carbons (Fsp3) is 0.400. The molecule has 57 valence electrons. The zero-order valence-electron chi connectivity index (χ0n) is 6.58. The van der Waals surface area contributed by atoms with E-state index in [1.807, 2.05) is 0 Å². The van der Waals surface area contributed by atoms with Gasteiger partial charge in [0.1, 0.15) is 0 Å². The zero-order chi connectivity index (χ0) is 7.84. The first-order valence-corrected chi connectivity index (χ1v) is 4.77. The molecule has 0 N–H and O–H groups in total. The van der Waals surface area contributed by atoms with Crippen LogP contribution in [-0.2, 0) is 12.8 Å². The van der Waals surface area contributed by atoms with Crippen LogP contribution < -0.4 is 0 Å². The highest BCUT2D eigenvalue weighted by Crippen LogP contribution is 2.27. The maximum Gasteiger partial charge on any atom is 0.0259 e. The van der Waals surface area contributed by atoms with Crippen molar-refractivity contribution in [2.45, 2.75) is 26.2 Å². The van der Waals surface area contributed by atoms with E-state index in [-0.39, 0.29) is 0 Å². The highest BCUT2D eigenvalue weighted by molar-refractivity contribution is 9.10. The number of benzene rings is 1. The molecule has 0 heterocycles. The van der Waals surface area contributed by atoms with Gasteiger partial charge in [0.2, 0.25) is 0 Å². The standard InChI is InChI=1S/C10H10Br/c1-7-5-9(11)6-8-3-2-4-10(7)8/h5H,2-4H2,1H3. The maximum absolute atomic E-state index is 3.46. The van der Waals surface area contributed by atoms with Crippen molar-refractivity contribution in [3.63, 3.8) is 0 Å². The van der Waals surface area contributed by atoms with Gasteiger partial charge in [0.15, 0.2) is 0 Å². The van der Waals surface area contributed by atoms with Crippen molar-refractivity contribution < 1.29 is 0 Å². The van der Waals surface area contributed by atoms with Crippen molar-refractivity contribution >= 4 is 15.9 Å². The molecule has 1 radical (unpaired) electrons. The summed E-state index contributed by atoms with van der Waals surface area (Å²) in [4.78, 5) is 0. The van der Waals surface area contributed by atoms with Crippen LogP contribution >= 0.6 is 15.9 Å². The molecule has 11 heavy (non-hydrogen) atoms. The molecule has 0 saturated heterocycles. The molecule has 0 nitrogen and oxygen atoms in total. The monoisotopic (exact) mass is 209 g/mol. The van der Waals surface area contributed by atoms with Crippen molar-refractivity contribution in [3.05, 3.63) is 33.3 Å². The fourth-order valence-corrected chi connectivity index (χ4v) is 2.36. The average molecular weight is 210 g/mol. The second-order valence-corrected chi connectivity index (χ2v) is 3.97. The van der Waals surface area contributed by atoms with Crippen molar-refractivity contribution in [1.29, 1.82) is 0 Å². The van der Waals surface area contributed by atoms with Crippen LogP contribution in [0, 0.1) is 13.0 Å². The highest BCUT2D eigenvalue weighted by Gasteiger charge is 2.13. The summed E-state index contributed by atoms with van der Waals surface area (Å²) in [5, 5.41) is 0. The Morgan fingerprint density at radius 2 is 2.27 bits per heavy atom. The van der Waals surface area contributed by atoms with Gasteiger partial charge in [0.05, 0.1) is 0 Å². The van der Waals surface area contributed by atoms with Crippen LogP contribution in [-0.4, -0.2) is 0 Å². The molecular formula is C10H10Br. The summed E-state index contributed by atoms with van der Waals surface area (Å²) < 4.78 is 1.11. The lowest BCUT2D eigenvalue weighted by Gasteiger charge is -2.03. The lowest BCUT2D eigenvalue weighted by molar-refractivity contribution is 0.909. The van der Waals surface area contributed by atoms with Gasteiger partial charge in [0, 0.05) is 10.5 Å². The molecule has 1 aromatic rings. The van der Waals surface area contributed by atoms with Crippen LogP contribution in [0.4, 0.5) is 0 Å². The first-order valence-electron chi connectivity index (χ1n) is 3.97. The molecule has 1 heteroatoms. The summed E-state index contributed by atoms with van der Waals surface area (Å²) in [6.07, 6.45) is 3.78. The Labute approximate surface area is 75.8 Å². The minimum absolute atomic E-state index is 1.11. The summed E-state index contributed by atoms with van der Waals surface area (Å²) in [5.74, 6) is 0. The molecule has 1 aromatic carbocycles. The predicted octanol–water partition coefficient (Wildman–Crippen LogP) is 3.05. The van der Waals surface area contributed by atoms with Crippen LogP contribution in [0.5, 0.6) is 0 Å². The number of rotatable bonds is 0. The van der Waals surface area contributed by atoms with E-state index in [0.29, 0.717) is 0 Å². The summed E-state index contributed by atoms with van der Waals surface area (Å²) in [6, 6.07) is 5.50. The summed E-state index contributed by atoms with van der Waals surface area (Å²) in [7, 11) is 0. The Kier molecular flexibility index (Phi) is 1.76. The molecule has 0 spiro atoms. The topological polar surface area (TPSA) is 0 Å². The van der Waals surface area contributed by atoms with E-state index in [2.05, 4.69) is 35.0 Å². The van der Waals surface area contributed by atoms with Crippen molar-refractivity contribution in [2.75, 3.05) is 0 Å². The van der Waals surface area contributed by atoms with Crippen LogP contribution in [0.25, 0.3) is 0 Å². The Balaban J connectivity index is 2.60. The molecular weight excluding hydrogens is 200 g/mol. The first-order chi connectivity index (χ1) is 5.27. The van der Waals surface area contributed by atoms with Gasteiger partial charge in [-0.25, -0.2) is 0 Å². The van der Waals surface area contributed by atoms with E-state index < -0.39 is 0 Å². The van der Waals surface area contributed by atoms with Crippen LogP contribution in [0.2, 0.25) is 0 Å². The molecule has 0 aromatic heterocycles. The van der Waals surface area contributed by atoms with Gasteiger partial charge in [-0.2, -0.15) is 0 Å². The quantitative estimate of drug-likeness (QED) is 0.617. The van der Waals surface area contributed by atoms with Gasteiger partial charge in [-0.3, -0.25) is 0 Å². The molecule has 1 aliphatic rings. The number of hydrogen-bond donors (Lipinski definition) is 0. The molecule has 1 aliphatic carbocycles. The average Bonchev–Trinajstić information content (AvgIpc) is 2.34. The van der Waals surface area contributed by atoms with E-state index >= 15 is 0 Å². The van der Waals surface area contributed by atoms with E-state index in [9.17, 15) is 0 Å². The Hall–Kier alpha value is -0.300. The van der Waals surface area contributed by atoms with Gasteiger partial charge in [-0.05, 0) is 48.9 Å². The molecule has 0 bridgehead atoms. The first kappa shape index (κ1) is 7.35. The molecule has 0 fully saturated rings. The lowest BCUT2D eigenvalue weighted by Crippen LogP contribution is -1.87. The van der Waals surface area contributed by atoms with Crippen LogP contribution in [0.15, 0.2) is 10.5 Å². The van der Waals surface area contributed by atoms with Crippen LogP contribution in [0.1, 0.15) is 23.1 Å². The molecule has 0 atom stereocenters. The number of halogens is 1. The van der Waals surface area contributed by atoms with E-state index in [1.54, 1.807) is 0 Å². The van der Waals surface area contributed by atoms with Crippen molar-refractivity contribution in [3.8, 4) is 0 Å². The minimum atomic E-state index is 1.11. The summed E-state index contributed by atoms with van der Waals surface area (Å²) >= 11 is 3.46. The molecule has 0 amide bonds. The third-order valence-corrected chi connectivity index (χ3v) is 2.73. The zero-order valence-corrected chi connectivity index (χ0v) is 8.16. The normalized spacial score (nSPS) is 15.1. The SMILES string of the molecule is Cc1cc(Br)[c]c2c1CCC2. The lowest BCUT2D eigenvalue weighted by atomic mass is 10.1. The largest absolute Gasteiger partial charge is 0.0501 e. The molecule has 0 saturated carbocycles. The Morgan fingerprint density at radius 3 is 3.09 bits per heavy atom.